The van der Waals surface area contributed by atoms with Gasteiger partial charge in [0, 0.05) is 21.8 Å². The van der Waals surface area contributed by atoms with Crippen LogP contribution in [-0.4, -0.2) is 33.0 Å². The van der Waals surface area contributed by atoms with Crippen LogP contribution in [0.1, 0.15) is 5.56 Å². The Kier molecular flexibility index (Phi) is 5.94. The normalized spacial score (nSPS) is 14.3. The highest BCUT2D eigenvalue weighted by Crippen LogP contribution is 2.35. The summed E-state index contributed by atoms with van der Waals surface area (Å²) in [6, 6.07) is 17.1. The van der Waals surface area contributed by atoms with Gasteiger partial charge in [-0.15, -0.1) is 5.10 Å². The molecule has 38 heavy (non-hydrogen) atoms. The molecule has 2 amide bonds. The predicted octanol–water partition coefficient (Wildman–Crippen LogP) is 4.17. The van der Waals surface area contributed by atoms with E-state index in [2.05, 4.69) is 15.4 Å². The average molecular weight is 566 g/mol. The molecule has 0 aliphatic carbocycles. The molecule has 0 atom stereocenters. The molecule has 0 radical (unpaired) electrons. The Morgan fingerprint density at radius 1 is 1.00 bits per heavy atom. The van der Waals surface area contributed by atoms with Crippen molar-refractivity contribution in [2.45, 2.75) is 0 Å². The van der Waals surface area contributed by atoms with Crippen molar-refractivity contribution in [2.75, 3.05) is 16.8 Å². The Morgan fingerprint density at radius 2 is 1.76 bits per heavy atom. The molecule has 6 rings (SSSR count). The molecule has 0 bridgehead atoms. The van der Waals surface area contributed by atoms with Gasteiger partial charge in [-0.1, -0.05) is 52.7 Å². The molecule has 0 spiro atoms. The fraction of sp³-hybridized carbons (Fsp3) is 0.0385. The van der Waals surface area contributed by atoms with Crippen LogP contribution in [0.25, 0.3) is 21.9 Å². The largest absolute Gasteiger partial charge is 0.325 e. The van der Waals surface area contributed by atoms with E-state index >= 15 is 0 Å². The van der Waals surface area contributed by atoms with Gasteiger partial charge in [0.1, 0.15) is 16.9 Å². The first-order valence-electron chi connectivity index (χ1n) is 11.2. The SMILES string of the molecule is O=C(CN1C(=O)C(=c2sc3nc(-c4ccc(Cl)cc4Cl)nn3c2=O)c2ccccc21)Nc1ccc(F)cc1. The van der Waals surface area contributed by atoms with Crippen LogP contribution >= 0.6 is 34.5 Å². The van der Waals surface area contributed by atoms with Gasteiger partial charge in [0.2, 0.25) is 10.9 Å². The zero-order valence-corrected chi connectivity index (χ0v) is 21.4. The maximum Gasteiger partial charge on any atom is 0.291 e. The number of para-hydroxylation sites is 1. The van der Waals surface area contributed by atoms with Crippen molar-refractivity contribution >= 4 is 68.3 Å². The minimum absolute atomic E-state index is 0.160. The van der Waals surface area contributed by atoms with Gasteiger partial charge in [-0.05, 0) is 48.5 Å². The number of nitrogens with one attached hydrogen (secondary N) is 1. The summed E-state index contributed by atoms with van der Waals surface area (Å²) in [5.41, 5.74) is 1.59. The molecule has 5 aromatic rings. The number of amides is 2. The van der Waals surface area contributed by atoms with Crippen molar-refractivity contribution in [1.29, 1.82) is 0 Å². The minimum Gasteiger partial charge on any atom is -0.325 e. The number of carbonyl (C=O) groups excluding carboxylic acids is 2. The molecule has 0 saturated carbocycles. The number of nitrogens with zero attached hydrogens (tertiary/aromatic N) is 4. The van der Waals surface area contributed by atoms with E-state index in [0.29, 0.717) is 32.5 Å². The molecular weight excluding hydrogens is 552 g/mol. The molecule has 0 saturated heterocycles. The van der Waals surface area contributed by atoms with Crippen LogP contribution in [0.4, 0.5) is 15.8 Å². The van der Waals surface area contributed by atoms with Crippen molar-refractivity contribution in [3.8, 4) is 11.4 Å². The molecule has 2 aromatic heterocycles. The lowest BCUT2D eigenvalue weighted by molar-refractivity contribution is -0.118. The second-order valence-electron chi connectivity index (χ2n) is 8.33. The maximum absolute atomic E-state index is 13.6. The van der Waals surface area contributed by atoms with Crippen molar-refractivity contribution in [2.24, 2.45) is 0 Å². The molecule has 1 aliphatic heterocycles. The number of thiazole rings is 1. The van der Waals surface area contributed by atoms with Crippen LogP contribution in [0, 0.1) is 5.82 Å². The lowest BCUT2D eigenvalue weighted by Gasteiger charge is -2.16. The number of hydrogen-bond donors (Lipinski definition) is 1. The Labute approximate surface area is 227 Å². The summed E-state index contributed by atoms with van der Waals surface area (Å²) in [6.45, 7) is -0.301. The van der Waals surface area contributed by atoms with E-state index in [1.807, 2.05) is 0 Å². The number of anilines is 2. The van der Waals surface area contributed by atoms with E-state index in [-0.39, 0.29) is 27.4 Å². The van der Waals surface area contributed by atoms with E-state index in [4.69, 9.17) is 23.2 Å². The summed E-state index contributed by atoms with van der Waals surface area (Å²) in [7, 11) is 0. The topological polar surface area (TPSA) is 96.7 Å². The molecular formula is C26H14Cl2FN5O3S. The lowest BCUT2D eigenvalue weighted by atomic mass is 10.1. The second-order valence-corrected chi connectivity index (χ2v) is 10.1. The third-order valence-electron chi connectivity index (χ3n) is 5.91. The molecule has 1 N–H and O–H groups in total. The van der Waals surface area contributed by atoms with Gasteiger partial charge in [0.15, 0.2) is 5.82 Å². The maximum atomic E-state index is 13.6. The zero-order chi connectivity index (χ0) is 26.6. The number of aromatic nitrogens is 3. The molecule has 0 unspecified atom stereocenters. The van der Waals surface area contributed by atoms with Gasteiger partial charge in [-0.3, -0.25) is 19.3 Å². The molecule has 0 fully saturated rings. The number of benzene rings is 3. The first kappa shape index (κ1) is 24.2. The third kappa shape index (κ3) is 4.12. The van der Waals surface area contributed by atoms with Gasteiger partial charge >= 0.3 is 0 Å². The van der Waals surface area contributed by atoms with Crippen LogP contribution in [0.15, 0.2) is 71.5 Å². The Balaban J connectivity index is 1.39. The van der Waals surface area contributed by atoms with Crippen molar-refractivity contribution in [3.63, 3.8) is 0 Å². The smallest absolute Gasteiger partial charge is 0.291 e. The second kappa shape index (κ2) is 9.32. The number of carbonyl (C=O) groups is 2. The Bertz CT molecular complexity index is 1890. The summed E-state index contributed by atoms with van der Waals surface area (Å²) in [4.78, 5) is 45.7. The highest BCUT2D eigenvalue weighted by molar-refractivity contribution is 7.15. The van der Waals surface area contributed by atoms with E-state index in [0.717, 1.165) is 15.9 Å². The predicted molar refractivity (Wildman–Crippen MR) is 144 cm³/mol. The van der Waals surface area contributed by atoms with Crippen LogP contribution in [-0.2, 0) is 9.59 Å². The van der Waals surface area contributed by atoms with Crippen LogP contribution in [0.5, 0.6) is 0 Å². The summed E-state index contributed by atoms with van der Waals surface area (Å²) in [5.74, 6) is -1.15. The summed E-state index contributed by atoms with van der Waals surface area (Å²) in [5, 5.41) is 7.76. The van der Waals surface area contributed by atoms with E-state index in [9.17, 15) is 18.8 Å². The fourth-order valence-electron chi connectivity index (χ4n) is 4.20. The first-order chi connectivity index (χ1) is 18.3. The molecule has 3 heterocycles. The summed E-state index contributed by atoms with van der Waals surface area (Å²) >= 11 is 13.3. The monoisotopic (exact) mass is 565 g/mol. The zero-order valence-electron chi connectivity index (χ0n) is 19.1. The van der Waals surface area contributed by atoms with Gasteiger partial charge in [-0.2, -0.15) is 9.50 Å². The van der Waals surface area contributed by atoms with Gasteiger partial charge in [0.05, 0.1) is 16.3 Å². The average Bonchev–Trinajstić information content (AvgIpc) is 3.51. The standard InChI is InChI=1S/C26H14Cl2FN5O3S/c27-13-5-10-16(18(28)11-13)23-31-26-34(32-23)25(37)22(38-26)21-17-3-1-2-4-19(17)33(24(21)36)12-20(35)30-15-8-6-14(29)7-9-15/h1-11H,12H2,(H,30,35). The summed E-state index contributed by atoms with van der Waals surface area (Å²) < 4.78 is 14.5. The molecule has 8 nitrogen and oxygen atoms in total. The van der Waals surface area contributed by atoms with Crippen molar-refractivity contribution in [3.05, 3.63) is 103 Å². The van der Waals surface area contributed by atoms with E-state index in [1.165, 1.54) is 29.2 Å². The first-order valence-corrected chi connectivity index (χ1v) is 12.7. The lowest BCUT2D eigenvalue weighted by Crippen LogP contribution is -2.37. The van der Waals surface area contributed by atoms with Crippen molar-refractivity contribution in [1.82, 2.24) is 14.6 Å². The molecule has 1 aliphatic rings. The molecule has 3 aromatic carbocycles. The Morgan fingerprint density at radius 3 is 2.50 bits per heavy atom. The number of halogens is 3. The fourth-order valence-corrected chi connectivity index (χ4v) is 5.69. The summed E-state index contributed by atoms with van der Waals surface area (Å²) in [6.07, 6.45) is 0. The van der Waals surface area contributed by atoms with Crippen molar-refractivity contribution < 1.29 is 14.0 Å². The Hall–Kier alpha value is -4.12. The third-order valence-corrected chi connectivity index (χ3v) is 7.49. The number of hydrogen-bond acceptors (Lipinski definition) is 6. The highest BCUT2D eigenvalue weighted by Gasteiger charge is 2.35. The number of rotatable bonds is 4. The number of fused-ring (bicyclic) bond motifs is 2. The highest BCUT2D eigenvalue weighted by atomic mass is 35.5. The van der Waals surface area contributed by atoms with Crippen LogP contribution in [0.3, 0.4) is 0 Å². The van der Waals surface area contributed by atoms with Gasteiger partial charge < -0.3 is 5.32 Å². The van der Waals surface area contributed by atoms with Crippen LogP contribution in [0.2, 0.25) is 10.0 Å². The van der Waals surface area contributed by atoms with E-state index < -0.39 is 23.2 Å². The van der Waals surface area contributed by atoms with Crippen LogP contribution < -0.4 is 20.3 Å². The quantitative estimate of drug-likeness (QED) is 0.353. The van der Waals surface area contributed by atoms with Gasteiger partial charge in [0.25, 0.3) is 11.5 Å². The van der Waals surface area contributed by atoms with E-state index in [1.54, 1.807) is 42.5 Å². The molecule has 188 valence electrons. The minimum atomic E-state index is -0.510. The molecule has 12 heteroatoms. The van der Waals surface area contributed by atoms with Gasteiger partial charge in [-0.25, -0.2) is 4.39 Å².